The van der Waals surface area contributed by atoms with Crippen molar-refractivity contribution >= 4 is 46.0 Å². The summed E-state index contributed by atoms with van der Waals surface area (Å²) in [5.41, 5.74) is 2.39. The quantitative estimate of drug-likeness (QED) is 0.381. The molecule has 0 radical (unpaired) electrons. The van der Waals surface area contributed by atoms with E-state index in [-0.39, 0.29) is 17.3 Å². The lowest BCUT2D eigenvalue weighted by molar-refractivity contribution is -0.122. The molecule has 0 saturated heterocycles. The highest BCUT2D eigenvalue weighted by Gasteiger charge is 2.23. The Labute approximate surface area is 192 Å². The van der Waals surface area contributed by atoms with Crippen molar-refractivity contribution in [2.45, 2.75) is 44.7 Å². The monoisotopic (exact) mass is 459 g/mol. The minimum atomic E-state index is -0.719. The molecule has 0 saturated carbocycles. The van der Waals surface area contributed by atoms with Crippen LogP contribution in [0.3, 0.4) is 0 Å². The first-order chi connectivity index (χ1) is 14.8. The molecular weight excluding hydrogens is 430 g/mol. The molecule has 0 aliphatic heterocycles. The Bertz CT molecular complexity index is 870. The molecule has 0 bridgehead atoms. The maximum absolute atomic E-state index is 12.8. The molecule has 2 rings (SSSR count). The van der Waals surface area contributed by atoms with E-state index in [2.05, 4.69) is 43.1 Å². The minimum absolute atomic E-state index is 0.0393. The number of rotatable bonds is 10. The third-order valence-corrected chi connectivity index (χ3v) is 7.33. The lowest BCUT2D eigenvalue weighted by atomic mass is 10.2. The fraction of sp³-hybridized carbons (Fsp3) is 0.348. The molecule has 2 N–H and O–H groups in total. The van der Waals surface area contributed by atoms with Gasteiger partial charge in [-0.3, -0.25) is 9.79 Å². The zero-order valence-corrected chi connectivity index (χ0v) is 19.7. The van der Waals surface area contributed by atoms with Crippen LogP contribution in [0.4, 0.5) is 10.5 Å². The first kappa shape index (κ1) is 24.8. The zero-order valence-electron chi connectivity index (χ0n) is 18.1. The summed E-state index contributed by atoms with van der Waals surface area (Å²) in [7, 11) is 3.20. The lowest BCUT2D eigenvalue weighted by Crippen LogP contribution is -2.48. The molecule has 0 fully saturated rings. The fourth-order valence-corrected chi connectivity index (χ4v) is 4.95. The molecule has 0 unspecified atom stereocenters. The lowest BCUT2D eigenvalue weighted by Gasteiger charge is -2.21. The molecule has 8 heteroatoms. The average molecular weight is 460 g/mol. The molecule has 0 aliphatic rings. The summed E-state index contributed by atoms with van der Waals surface area (Å²) in [6, 6.07) is 16.2. The van der Waals surface area contributed by atoms with Crippen LogP contribution in [0.5, 0.6) is 0 Å². The molecule has 1 atom stereocenters. The standard InChI is InChI=1S/C23H29N3O3S2/c1-23(2,3)31-30-16-20(21(27)25-14-17-10-6-5-7-11-17)26-22(28)29-15-18-12-8-9-13-19(18)24-4/h5-13,20H,4,14-16H2,1-3H3,(H,25,27)(H,26,28)/t20-/m0/s1. The number of carbonyl (C=O) groups excluding carboxylic acids is 2. The summed E-state index contributed by atoms with van der Waals surface area (Å²) in [4.78, 5) is 29.1. The van der Waals surface area contributed by atoms with Gasteiger partial charge in [-0.25, -0.2) is 4.79 Å². The summed E-state index contributed by atoms with van der Waals surface area (Å²) in [5, 5.41) is 5.58. The molecule has 2 amide bonds. The van der Waals surface area contributed by atoms with Gasteiger partial charge in [-0.2, -0.15) is 0 Å². The van der Waals surface area contributed by atoms with Crippen LogP contribution in [0.1, 0.15) is 31.9 Å². The van der Waals surface area contributed by atoms with Crippen LogP contribution in [0.25, 0.3) is 0 Å². The van der Waals surface area contributed by atoms with Gasteiger partial charge >= 0.3 is 6.09 Å². The number of alkyl carbamates (subject to hydrolysis) is 1. The van der Waals surface area contributed by atoms with Gasteiger partial charge in [0, 0.05) is 22.6 Å². The molecule has 0 spiro atoms. The van der Waals surface area contributed by atoms with E-state index in [1.54, 1.807) is 27.7 Å². The third kappa shape index (κ3) is 9.48. The van der Waals surface area contributed by atoms with Gasteiger partial charge in [0.1, 0.15) is 12.6 Å². The maximum Gasteiger partial charge on any atom is 0.408 e. The molecule has 0 aromatic heterocycles. The highest BCUT2D eigenvalue weighted by atomic mass is 33.1. The van der Waals surface area contributed by atoms with E-state index in [0.717, 1.165) is 11.1 Å². The molecule has 2 aromatic carbocycles. The zero-order chi connectivity index (χ0) is 22.7. The van der Waals surface area contributed by atoms with E-state index >= 15 is 0 Å². The van der Waals surface area contributed by atoms with Gasteiger partial charge in [-0.15, -0.1) is 0 Å². The Kier molecular flexibility index (Phi) is 9.94. The van der Waals surface area contributed by atoms with Gasteiger partial charge in [0.25, 0.3) is 0 Å². The van der Waals surface area contributed by atoms with E-state index in [4.69, 9.17) is 4.74 Å². The number of carbonyl (C=O) groups is 2. The molecule has 6 nitrogen and oxygen atoms in total. The van der Waals surface area contributed by atoms with Gasteiger partial charge < -0.3 is 15.4 Å². The summed E-state index contributed by atoms with van der Waals surface area (Å²) >= 11 is 0. The van der Waals surface area contributed by atoms with Crippen LogP contribution in [-0.2, 0) is 22.7 Å². The van der Waals surface area contributed by atoms with Crippen molar-refractivity contribution in [1.82, 2.24) is 10.6 Å². The number of hydrogen-bond acceptors (Lipinski definition) is 6. The van der Waals surface area contributed by atoms with E-state index in [0.29, 0.717) is 18.0 Å². The number of ether oxygens (including phenoxy) is 1. The maximum atomic E-state index is 12.8. The van der Waals surface area contributed by atoms with Crippen molar-refractivity contribution in [2.75, 3.05) is 5.75 Å². The summed E-state index contributed by atoms with van der Waals surface area (Å²) in [6.07, 6.45) is -0.653. The van der Waals surface area contributed by atoms with Crippen molar-refractivity contribution < 1.29 is 14.3 Å². The number of nitrogens with zero attached hydrogens (tertiary/aromatic N) is 1. The van der Waals surface area contributed by atoms with Crippen molar-refractivity contribution in [3.8, 4) is 0 Å². The number of aliphatic imine (C=N–C) groups is 1. The predicted octanol–water partition coefficient (Wildman–Crippen LogP) is 5.11. The van der Waals surface area contributed by atoms with E-state index in [1.165, 1.54) is 0 Å². The Hall–Kier alpha value is -2.45. The second-order valence-corrected chi connectivity index (χ2v) is 10.9. The molecule has 31 heavy (non-hydrogen) atoms. The highest BCUT2D eigenvalue weighted by Crippen LogP contribution is 2.35. The number of para-hydroxylation sites is 1. The Balaban J connectivity index is 1.94. The van der Waals surface area contributed by atoms with Crippen LogP contribution in [0, 0.1) is 0 Å². The van der Waals surface area contributed by atoms with E-state index in [1.807, 2.05) is 48.5 Å². The van der Waals surface area contributed by atoms with E-state index in [9.17, 15) is 9.59 Å². The van der Waals surface area contributed by atoms with Crippen molar-refractivity contribution in [1.29, 1.82) is 0 Å². The van der Waals surface area contributed by atoms with Crippen LogP contribution in [0.15, 0.2) is 59.6 Å². The Morgan fingerprint density at radius 3 is 2.45 bits per heavy atom. The second kappa shape index (κ2) is 12.4. The average Bonchev–Trinajstić information content (AvgIpc) is 2.75. The van der Waals surface area contributed by atoms with Gasteiger partial charge in [-0.1, -0.05) is 90.9 Å². The molecular formula is C23H29N3O3S2. The number of hydrogen-bond donors (Lipinski definition) is 2. The molecule has 2 aromatic rings. The van der Waals surface area contributed by atoms with Crippen LogP contribution >= 0.6 is 21.6 Å². The topological polar surface area (TPSA) is 79.8 Å². The number of nitrogens with one attached hydrogen (secondary N) is 2. The van der Waals surface area contributed by atoms with Gasteiger partial charge in [-0.05, 0) is 18.3 Å². The normalized spacial score (nSPS) is 12.0. The summed E-state index contributed by atoms with van der Waals surface area (Å²) in [6.45, 7) is 10.3. The van der Waals surface area contributed by atoms with Crippen molar-refractivity contribution in [3.05, 3.63) is 65.7 Å². The molecule has 166 valence electrons. The summed E-state index contributed by atoms with van der Waals surface area (Å²) in [5.74, 6) is 0.165. The van der Waals surface area contributed by atoms with Crippen LogP contribution < -0.4 is 10.6 Å². The third-order valence-electron chi connectivity index (χ3n) is 3.98. The first-order valence-corrected chi connectivity index (χ1v) is 12.2. The van der Waals surface area contributed by atoms with Crippen molar-refractivity contribution in [3.63, 3.8) is 0 Å². The number of amides is 2. The molecule has 0 aliphatic carbocycles. The minimum Gasteiger partial charge on any atom is -0.445 e. The summed E-state index contributed by atoms with van der Waals surface area (Å²) < 4.78 is 5.37. The Morgan fingerprint density at radius 1 is 1.10 bits per heavy atom. The highest BCUT2D eigenvalue weighted by molar-refractivity contribution is 8.77. The van der Waals surface area contributed by atoms with Gasteiger partial charge in [0.15, 0.2) is 0 Å². The van der Waals surface area contributed by atoms with Gasteiger partial charge in [0.05, 0.1) is 5.69 Å². The van der Waals surface area contributed by atoms with Crippen molar-refractivity contribution in [2.24, 2.45) is 4.99 Å². The smallest absolute Gasteiger partial charge is 0.408 e. The molecule has 0 heterocycles. The van der Waals surface area contributed by atoms with Crippen LogP contribution in [0.2, 0.25) is 0 Å². The fourth-order valence-electron chi connectivity index (χ4n) is 2.48. The van der Waals surface area contributed by atoms with E-state index < -0.39 is 12.1 Å². The Morgan fingerprint density at radius 2 is 1.77 bits per heavy atom. The second-order valence-electron chi connectivity index (χ2n) is 7.74. The van der Waals surface area contributed by atoms with Gasteiger partial charge in [0.2, 0.25) is 5.91 Å². The SMILES string of the molecule is C=Nc1ccccc1COC(=O)N[C@@H](CSSC(C)(C)C)C(=O)NCc1ccccc1. The number of benzene rings is 2. The predicted molar refractivity (Wildman–Crippen MR) is 131 cm³/mol. The largest absolute Gasteiger partial charge is 0.445 e. The first-order valence-electron chi connectivity index (χ1n) is 9.88. The van der Waals surface area contributed by atoms with Crippen LogP contribution in [-0.4, -0.2) is 35.3 Å².